The fraction of sp³-hybridized carbons (Fsp3) is 0.857. The molecule has 0 spiro atoms. The van der Waals surface area contributed by atoms with Crippen LogP contribution in [-0.2, 0) is 4.79 Å². The van der Waals surface area contributed by atoms with Crippen LogP contribution in [-0.4, -0.2) is 17.1 Å². The van der Waals surface area contributed by atoms with E-state index in [1.807, 2.05) is 13.8 Å². The monoisotopic (exact) mass is 181 g/mol. The Morgan fingerprint density at radius 2 is 2.09 bits per heavy atom. The molecule has 3 nitrogen and oxygen atoms in total. The highest BCUT2D eigenvalue weighted by molar-refractivity contribution is 5.85. The van der Waals surface area contributed by atoms with Gasteiger partial charge in [-0.1, -0.05) is 20.3 Å². The lowest BCUT2D eigenvalue weighted by Crippen LogP contribution is -2.31. The van der Waals surface area contributed by atoms with Crippen LogP contribution in [0.5, 0.6) is 0 Å². The first-order valence-electron chi connectivity index (χ1n) is 3.56. The van der Waals surface area contributed by atoms with Gasteiger partial charge in [-0.25, -0.2) is 0 Å². The number of hydrogen-bond acceptors (Lipinski definition) is 2. The van der Waals surface area contributed by atoms with Crippen molar-refractivity contribution < 1.29 is 9.90 Å². The molecule has 0 aromatic rings. The first-order valence-corrected chi connectivity index (χ1v) is 3.56. The Balaban J connectivity index is 0. The van der Waals surface area contributed by atoms with Gasteiger partial charge in [0.15, 0.2) is 0 Å². The molecule has 11 heavy (non-hydrogen) atoms. The normalized spacial score (nSPS) is 14.8. The van der Waals surface area contributed by atoms with Gasteiger partial charge < -0.3 is 10.8 Å². The second-order valence-corrected chi connectivity index (χ2v) is 2.69. The van der Waals surface area contributed by atoms with Gasteiger partial charge in [0.05, 0.1) is 0 Å². The van der Waals surface area contributed by atoms with Crippen LogP contribution in [0.3, 0.4) is 0 Å². The molecule has 0 fully saturated rings. The van der Waals surface area contributed by atoms with Crippen molar-refractivity contribution in [2.24, 2.45) is 11.7 Å². The number of rotatable bonds is 4. The van der Waals surface area contributed by atoms with E-state index in [0.29, 0.717) is 12.3 Å². The van der Waals surface area contributed by atoms with E-state index in [1.54, 1.807) is 0 Å². The van der Waals surface area contributed by atoms with Gasteiger partial charge in [0.2, 0.25) is 0 Å². The van der Waals surface area contributed by atoms with E-state index in [-0.39, 0.29) is 12.4 Å². The summed E-state index contributed by atoms with van der Waals surface area (Å²) in [6, 6.07) is -0.685. The number of carboxylic acids is 1. The zero-order valence-electron chi connectivity index (χ0n) is 6.91. The summed E-state index contributed by atoms with van der Waals surface area (Å²) in [6.45, 7) is 4.03. The molecule has 0 aliphatic rings. The van der Waals surface area contributed by atoms with Gasteiger partial charge in [0.25, 0.3) is 0 Å². The van der Waals surface area contributed by atoms with E-state index in [2.05, 4.69) is 0 Å². The molecule has 0 aromatic carbocycles. The second-order valence-electron chi connectivity index (χ2n) is 2.69. The van der Waals surface area contributed by atoms with Crippen molar-refractivity contribution in [1.29, 1.82) is 0 Å². The Kier molecular flexibility index (Phi) is 7.79. The highest BCUT2D eigenvalue weighted by atomic mass is 35.5. The number of halogens is 1. The Labute approximate surface area is 73.4 Å². The molecule has 0 aromatic heterocycles. The lowest BCUT2D eigenvalue weighted by Gasteiger charge is -2.10. The summed E-state index contributed by atoms with van der Waals surface area (Å²) < 4.78 is 0. The van der Waals surface area contributed by atoms with Crippen LogP contribution in [0.1, 0.15) is 26.7 Å². The maximum absolute atomic E-state index is 10.2. The van der Waals surface area contributed by atoms with E-state index in [1.165, 1.54) is 0 Å². The average molecular weight is 182 g/mol. The zero-order chi connectivity index (χ0) is 8.15. The van der Waals surface area contributed by atoms with Crippen molar-refractivity contribution in [3.05, 3.63) is 0 Å². The first-order chi connectivity index (χ1) is 4.57. The van der Waals surface area contributed by atoms with Crippen molar-refractivity contribution in [3.8, 4) is 0 Å². The largest absolute Gasteiger partial charge is 0.480 e. The average Bonchev–Trinajstić information content (AvgIpc) is 1.87. The molecule has 0 bridgehead atoms. The number of nitrogens with two attached hydrogens (primary N) is 1. The third kappa shape index (κ3) is 6.13. The smallest absolute Gasteiger partial charge is 0.320 e. The van der Waals surface area contributed by atoms with Crippen LogP contribution in [0, 0.1) is 5.92 Å². The maximum atomic E-state index is 10.2. The summed E-state index contributed by atoms with van der Waals surface area (Å²) in [4.78, 5) is 10.2. The molecule has 0 saturated heterocycles. The third-order valence-corrected chi connectivity index (χ3v) is 1.67. The highest BCUT2D eigenvalue weighted by Gasteiger charge is 2.13. The van der Waals surface area contributed by atoms with Crippen LogP contribution in [0.4, 0.5) is 0 Å². The van der Waals surface area contributed by atoms with Crippen molar-refractivity contribution in [2.45, 2.75) is 32.7 Å². The lowest BCUT2D eigenvalue weighted by atomic mass is 10.0. The third-order valence-electron chi connectivity index (χ3n) is 1.67. The Morgan fingerprint density at radius 1 is 1.64 bits per heavy atom. The predicted octanol–water partition coefficient (Wildman–Crippen LogP) is 1.26. The van der Waals surface area contributed by atoms with Crippen LogP contribution in [0.25, 0.3) is 0 Å². The molecule has 2 atom stereocenters. The summed E-state index contributed by atoms with van der Waals surface area (Å²) in [7, 11) is 0. The van der Waals surface area contributed by atoms with E-state index in [4.69, 9.17) is 10.8 Å². The summed E-state index contributed by atoms with van der Waals surface area (Å²) in [5.74, 6) is -0.494. The molecule has 0 unspecified atom stereocenters. The van der Waals surface area contributed by atoms with Crippen LogP contribution in [0.2, 0.25) is 0 Å². The van der Waals surface area contributed by atoms with Crippen LogP contribution >= 0.6 is 12.4 Å². The first kappa shape index (κ1) is 13.3. The van der Waals surface area contributed by atoms with Gasteiger partial charge in [-0.05, 0) is 12.3 Å². The van der Waals surface area contributed by atoms with Gasteiger partial charge in [0.1, 0.15) is 6.04 Å². The highest BCUT2D eigenvalue weighted by Crippen LogP contribution is 2.07. The van der Waals surface area contributed by atoms with Gasteiger partial charge in [-0.3, -0.25) is 4.79 Å². The van der Waals surface area contributed by atoms with Gasteiger partial charge in [-0.2, -0.15) is 0 Å². The molecule has 0 aliphatic carbocycles. The van der Waals surface area contributed by atoms with Crippen LogP contribution < -0.4 is 5.73 Å². The van der Waals surface area contributed by atoms with E-state index in [0.717, 1.165) is 6.42 Å². The molecule has 0 aliphatic heterocycles. The topological polar surface area (TPSA) is 63.3 Å². The van der Waals surface area contributed by atoms with Gasteiger partial charge in [0, 0.05) is 0 Å². The van der Waals surface area contributed by atoms with Crippen molar-refractivity contribution in [3.63, 3.8) is 0 Å². The molecule has 68 valence electrons. The Hall–Kier alpha value is -0.280. The summed E-state index contributed by atoms with van der Waals surface area (Å²) in [5.41, 5.74) is 5.29. The molecule has 0 radical (unpaired) electrons. The minimum absolute atomic E-state index is 0. The predicted molar refractivity (Wildman–Crippen MR) is 46.9 cm³/mol. The van der Waals surface area contributed by atoms with Crippen LogP contribution in [0.15, 0.2) is 0 Å². The molecule has 0 rings (SSSR count). The minimum atomic E-state index is -0.902. The molecule has 0 amide bonds. The fourth-order valence-corrected chi connectivity index (χ4v) is 0.701. The molecular formula is C7H16ClNO2. The summed E-state index contributed by atoms with van der Waals surface area (Å²) >= 11 is 0. The SMILES string of the molecule is CC[C@H](C)C[C@H](N)C(=O)O.Cl. The summed E-state index contributed by atoms with van der Waals surface area (Å²) in [5, 5.41) is 8.40. The second kappa shape index (κ2) is 6.43. The Bertz CT molecular complexity index is 119. The molecule has 4 heteroatoms. The molecular weight excluding hydrogens is 166 g/mol. The maximum Gasteiger partial charge on any atom is 0.320 e. The molecule has 0 saturated carbocycles. The fourth-order valence-electron chi connectivity index (χ4n) is 0.701. The van der Waals surface area contributed by atoms with E-state index < -0.39 is 12.0 Å². The lowest BCUT2D eigenvalue weighted by molar-refractivity contribution is -0.138. The van der Waals surface area contributed by atoms with Gasteiger partial charge in [-0.15, -0.1) is 12.4 Å². The van der Waals surface area contributed by atoms with E-state index >= 15 is 0 Å². The molecule has 3 N–H and O–H groups in total. The number of carboxylic acid groups (broad SMARTS) is 1. The number of aliphatic carboxylic acids is 1. The number of carbonyl (C=O) groups is 1. The van der Waals surface area contributed by atoms with Crippen molar-refractivity contribution >= 4 is 18.4 Å². The zero-order valence-corrected chi connectivity index (χ0v) is 7.73. The van der Waals surface area contributed by atoms with Crippen molar-refractivity contribution in [2.75, 3.05) is 0 Å². The Morgan fingerprint density at radius 3 is 2.36 bits per heavy atom. The van der Waals surface area contributed by atoms with Gasteiger partial charge >= 0.3 is 5.97 Å². The van der Waals surface area contributed by atoms with E-state index in [9.17, 15) is 4.79 Å². The minimum Gasteiger partial charge on any atom is -0.480 e. The summed E-state index contributed by atoms with van der Waals surface area (Å²) in [6.07, 6.45) is 1.56. The number of hydrogen-bond donors (Lipinski definition) is 2. The molecule has 0 heterocycles. The standard InChI is InChI=1S/C7H15NO2.ClH/c1-3-5(2)4-6(8)7(9)10;/h5-6H,3-4,8H2,1-2H3,(H,9,10);1H/t5-,6-;/m0./s1. The van der Waals surface area contributed by atoms with Crippen molar-refractivity contribution in [1.82, 2.24) is 0 Å². The quantitative estimate of drug-likeness (QED) is 0.687.